The van der Waals surface area contributed by atoms with Crippen LogP contribution in [0.15, 0.2) is 42.5 Å². The molecule has 2 rings (SSSR count). The monoisotopic (exact) mass is 319 g/mol. The molecular weight excluding hydrogens is 308 g/mol. The first-order valence-electron chi connectivity index (χ1n) is 6.22. The van der Waals surface area contributed by atoms with Crippen molar-refractivity contribution < 1.29 is 26.3 Å². The van der Waals surface area contributed by atoms with Crippen LogP contribution in [0.1, 0.15) is 16.7 Å². The van der Waals surface area contributed by atoms with Gasteiger partial charge in [-0.3, -0.25) is 0 Å². The molecule has 22 heavy (non-hydrogen) atoms. The third-order valence-corrected chi connectivity index (χ3v) is 3.18. The molecule has 0 bridgehead atoms. The van der Waals surface area contributed by atoms with E-state index in [0.29, 0.717) is 0 Å². The molecule has 0 fully saturated rings. The van der Waals surface area contributed by atoms with Gasteiger partial charge in [0, 0.05) is 6.54 Å². The number of hydrogen-bond donors (Lipinski definition) is 1. The van der Waals surface area contributed by atoms with Crippen LogP contribution in [-0.2, 0) is 18.9 Å². The summed E-state index contributed by atoms with van der Waals surface area (Å²) in [6, 6.07) is 7.34. The number of nitrogens with two attached hydrogens (primary N) is 1. The largest absolute Gasteiger partial charge is 0.417 e. The van der Waals surface area contributed by atoms with E-state index in [1.54, 1.807) is 0 Å². The Morgan fingerprint density at radius 2 is 1.27 bits per heavy atom. The van der Waals surface area contributed by atoms with Gasteiger partial charge in [-0.2, -0.15) is 26.3 Å². The van der Waals surface area contributed by atoms with E-state index < -0.39 is 34.6 Å². The normalized spacial score (nSPS) is 12.5. The summed E-state index contributed by atoms with van der Waals surface area (Å²) in [7, 11) is 0. The summed E-state index contributed by atoms with van der Waals surface area (Å²) in [5.41, 5.74) is 2.11. The van der Waals surface area contributed by atoms with Crippen molar-refractivity contribution in [3.8, 4) is 11.1 Å². The fraction of sp³-hybridized carbons (Fsp3) is 0.200. The second-order valence-corrected chi connectivity index (χ2v) is 4.58. The van der Waals surface area contributed by atoms with Gasteiger partial charge in [-0.1, -0.05) is 30.3 Å². The van der Waals surface area contributed by atoms with E-state index in [4.69, 9.17) is 5.73 Å². The van der Waals surface area contributed by atoms with Crippen LogP contribution in [0, 0.1) is 0 Å². The van der Waals surface area contributed by atoms with Gasteiger partial charge < -0.3 is 5.73 Å². The number of alkyl halides is 6. The maximum absolute atomic E-state index is 13.2. The first-order chi connectivity index (χ1) is 10.2. The van der Waals surface area contributed by atoms with Crippen LogP contribution in [0.4, 0.5) is 26.3 Å². The quantitative estimate of drug-likeness (QED) is 0.787. The van der Waals surface area contributed by atoms with Crippen LogP contribution in [0.5, 0.6) is 0 Å². The lowest BCUT2D eigenvalue weighted by Crippen LogP contribution is -2.13. The van der Waals surface area contributed by atoms with Crippen molar-refractivity contribution in [1.82, 2.24) is 0 Å². The molecule has 0 radical (unpaired) electrons. The average Bonchev–Trinajstić information content (AvgIpc) is 2.44. The predicted molar refractivity (Wildman–Crippen MR) is 69.8 cm³/mol. The number of benzene rings is 2. The van der Waals surface area contributed by atoms with Gasteiger partial charge in [0.05, 0.1) is 11.1 Å². The minimum Gasteiger partial charge on any atom is -0.326 e. The molecule has 0 aliphatic heterocycles. The summed E-state index contributed by atoms with van der Waals surface area (Å²) in [5.74, 6) is 0. The van der Waals surface area contributed by atoms with Crippen LogP contribution in [-0.4, -0.2) is 0 Å². The van der Waals surface area contributed by atoms with Gasteiger partial charge in [0.2, 0.25) is 0 Å². The highest BCUT2D eigenvalue weighted by atomic mass is 19.4. The Labute approximate surface area is 122 Å². The van der Waals surface area contributed by atoms with Crippen molar-refractivity contribution in [2.24, 2.45) is 5.73 Å². The van der Waals surface area contributed by atoms with Gasteiger partial charge in [-0.15, -0.1) is 0 Å². The summed E-state index contributed by atoms with van der Waals surface area (Å²) in [4.78, 5) is 0. The molecule has 1 nitrogen and oxygen atoms in total. The summed E-state index contributed by atoms with van der Waals surface area (Å²) in [6.45, 7) is -0.300. The van der Waals surface area contributed by atoms with E-state index in [1.807, 2.05) is 0 Å². The third kappa shape index (κ3) is 3.09. The smallest absolute Gasteiger partial charge is 0.326 e. The standard InChI is InChI=1S/C15H11F6N/c16-14(17,18)11-6-2-1-5-10(11)13-9(8-22)4-3-7-12(13)15(19,20)21/h1-7H,8,22H2. The Balaban J connectivity index is 2.84. The Morgan fingerprint density at radius 3 is 1.82 bits per heavy atom. The topological polar surface area (TPSA) is 26.0 Å². The van der Waals surface area contributed by atoms with Crippen molar-refractivity contribution in [2.75, 3.05) is 0 Å². The Morgan fingerprint density at radius 1 is 0.727 bits per heavy atom. The van der Waals surface area contributed by atoms with Crippen LogP contribution in [0.3, 0.4) is 0 Å². The van der Waals surface area contributed by atoms with E-state index in [1.165, 1.54) is 12.1 Å². The van der Waals surface area contributed by atoms with Crippen molar-refractivity contribution in [1.29, 1.82) is 0 Å². The van der Waals surface area contributed by atoms with E-state index in [-0.39, 0.29) is 12.1 Å². The van der Waals surface area contributed by atoms with E-state index in [0.717, 1.165) is 30.3 Å². The molecule has 2 N–H and O–H groups in total. The third-order valence-electron chi connectivity index (χ3n) is 3.18. The fourth-order valence-corrected chi connectivity index (χ4v) is 2.27. The molecule has 0 heterocycles. The van der Waals surface area contributed by atoms with Gasteiger partial charge in [0.25, 0.3) is 0 Å². The highest BCUT2D eigenvalue weighted by molar-refractivity contribution is 5.75. The lowest BCUT2D eigenvalue weighted by molar-refractivity contribution is -0.139. The molecule has 0 aromatic heterocycles. The minimum atomic E-state index is -4.78. The zero-order valence-corrected chi connectivity index (χ0v) is 11.1. The molecule has 0 aliphatic rings. The molecule has 0 saturated heterocycles. The molecule has 0 spiro atoms. The molecule has 0 saturated carbocycles. The molecule has 2 aromatic carbocycles. The van der Waals surface area contributed by atoms with Crippen molar-refractivity contribution >= 4 is 0 Å². The fourth-order valence-electron chi connectivity index (χ4n) is 2.27. The Kier molecular flexibility index (Phi) is 4.19. The molecule has 0 amide bonds. The molecule has 7 heteroatoms. The van der Waals surface area contributed by atoms with Crippen LogP contribution >= 0.6 is 0 Å². The maximum atomic E-state index is 13.2. The van der Waals surface area contributed by atoms with Gasteiger partial charge in [-0.25, -0.2) is 0 Å². The summed E-state index contributed by atoms with van der Waals surface area (Å²) >= 11 is 0. The van der Waals surface area contributed by atoms with Crippen LogP contribution < -0.4 is 5.73 Å². The first kappa shape index (κ1) is 16.4. The van der Waals surface area contributed by atoms with Gasteiger partial charge in [-0.05, 0) is 28.8 Å². The van der Waals surface area contributed by atoms with E-state index >= 15 is 0 Å². The maximum Gasteiger partial charge on any atom is 0.417 e. The molecule has 0 atom stereocenters. The number of hydrogen-bond acceptors (Lipinski definition) is 1. The molecule has 118 valence electrons. The SMILES string of the molecule is NCc1cccc(C(F)(F)F)c1-c1ccccc1C(F)(F)F. The number of halogens is 6. The second-order valence-electron chi connectivity index (χ2n) is 4.58. The first-order valence-corrected chi connectivity index (χ1v) is 6.22. The predicted octanol–water partition coefficient (Wildman–Crippen LogP) is 4.85. The number of rotatable bonds is 2. The minimum absolute atomic E-state index is 0.00604. The summed E-state index contributed by atoms with van der Waals surface area (Å²) in [5, 5.41) is 0. The van der Waals surface area contributed by atoms with Crippen LogP contribution in [0.2, 0.25) is 0 Å². The highest BCUT2D eigenvalue weighted by Crippen LogP contribution is 2.43. The highest BCUT2D eigenvalue weighted by Gasteiger charge is 2.38. The van der Waals surface area contributed by atoms with Crippen molar-refractivity contribution in [2.45, 2.75) is 18.9 Å². The molecule has 2 aromatic rings. The molecular formula is C15H11F6N. The van der Waals surface area contributed by atoms with Gasteiger partial charge in [0.1, 0.15) is 0 Å². The summed E-state index contributed by atoms with van der Waals surface area (Å²) < 4.78 is 78.7. The van der Waals surface area contributed by atoms with E-state index in [2.05, 4.69) is 0 Å². The van der Waals surface area contributed by atoms with E-state index in [9.17, 15) is 26.3 Å². The second kappa shape index (κ2) is 5.64. The Hall–Kier alpha value is -2.02. The lowest BCUT2D eigenvalue weighted by Gasteiger charge is -2.20. The lowest BCUT2D eigenvalue weighted by atomic mass is 9.90. The van der Waals surface area contributed by atoms with Crippen LogP contribution in [0.25, 0.3) is 11.1 Å². The molecule has 0 unspecified atom stereocenters. The Bertz CT molecular complexity index is 672. The zero-order valence-electron chi connectivity index (χ0n) is 11.1. The molecule has 0 aliphatic carbocycles. The van der Waals surface area contributed by atoms with Gasteiger partial charge >= 0.3 is 12.4 Å². The zero-order chi connectivity index (χ0) is 16.5. The summed E-state index contributed by atoms with van der Waals surface area (Å²) in [6.07, 6.45) is -9.54. The van der Waals surface area contributed by atoms with Crippen molar-refractivity contribution in [3.63, 3.8) is 0 Å². The average molecular weight is 319 g/mol. The van der Waals surface area contributed by atoms with Gasteiger partial charge in [0.15, 0.2) is 0 Å². The van der Waals surface area contributed by atoms with Crippen molar-refractivity contribution in [3.05, 3.63) is 59.2 Å².